The van der Waals surface area contributed by atoms with Gasteiger partial charge in [-0.2, -0.15) is 10.2 Å². The van der Waals surface area contributed by atoms with Crippen LogP contribution < -0.4 is 10.7 Å². The van der Waals surface area contributed by atoms with Crippen molar-refractivity contribution < 1.29 is 4.79 Å². The molecule has 0 unspecified atom stereocenters. The van der Waals surface area contributed by atoms with Crippen LogP contribution in [0.5, 0.6) is 0 Å². The van der Waals surface area contributed by atoms with E-state index in [1.165, 1.54) is 12.8 Å². The maximum Gasteiger partial charge on any atom is 0.281 e. The highest BCUT2D eigenvalue weighted by molar-refractivity contribution is 6.03. The topological polar surface area (TPSA) is 92.7 Å². The number of H-pyrrole nitrogens is 1. The lowest BCUT2D eigenvalue weighted by molar-refractivity contribution is 0.101. The Balaban J connectivity index is 1.62. The van der Waals surface area contributed by atoms with Gasteiger partial charge in [-0.1, -0.05) is 25.0 Å². The van der Waals surface area contributed by atoms with E-state index in [2.05, 4.69) is 20.6 Å². The van der Waals surface area contributed by atoms with Crippen molar-refractivity contribution in [1.29, 1.82) is 0 Å². The van der Waals surface area contributed by atoms with Crippen LogP contribution in [0, 0.1) is 0 Å². The van der Waals surface area contributed by atoms with Crippen molar-refractivity contribution in [1.82, 2.24) is 20.0 Å². The predicted octanol–water partition coefficient (Wildman–Crippen LogP) is 2.57. The number of benzene rings is 1. The van der Waals surface area contributed by atoms with E-state index < -0.39 is 5.91 Å². The number of carbonyl (C=O) groups excluding carboxylic acids is 1. The van der Waals surface area contributed by atoms with Crippen LogP contribution >= 0.6 is 0 Å². The molecule has 25 heavy (non-hydrogen) atoms. The Morgan fingerprint density at radius 1 is 1.28 bits per heavy atom. The largest absolute Gasteiger partial charge is 0.305 e. The third-order valence-electron chi connectivity index (χ3n) is 4.80. The normalized spacial score (nSPS) is 14.9. The third-order valence-corrected chi connectivity index (χ3v) is 4.80. The monoisotopic (exact) mass is 337 g/mol. The summed E-state index contributed by atoms with van der Waals surface area (Å²) in [5.41, 5.74) is 1.07. The fraction of sp³-hybridized carbons (Fsp3) is 0.333. The third kappa shape index (κ3) is 2.82. The van der Waals surface area contributed by atoms with Gasteiger partial charge in [0.25, 0.3) is 5.91 Å². The molecular formula is C18H19N5O2. The Morgan fingerprint density at radius 3 is 2.84 bits per heavy atom. The fourth-order valence-corrected chi connectivity index (χ4v) is 3.43. The number of hydrogen-bond acceptors (Lipinski definition) is 4. The van der Waals surface area contributed by atoms with Crippen LogP contribution in [0.4, 0.5) is 5.82 Å². The first kappa shape index (κ1) is 15.6. The molecule has 0 spiro atoms. The molecule has 128 valence electrons. The number of para-hydroxylation sites is 1. The molecular weight excluding hydrogens is 318 g/mol. The minimum absolute atomic E-state index is 0.151. The van der Waals surface area contributed by atoms with E-state index in [1.54, 1.807) is 36.0 Å². The van der Waals surface area contributed by atoms with Gasteiger partial charge in [-0.25, -0.2) is 0 Å². The molecule has 2 N–H and O–H groups in total. The molecule has 7 heteroatoms. The number of hydrogen-bond donors (Lipinski definition) is 2. The maximum atomic E-state index is 12.5. The number of nitrogens with one attached hydrogen (secondary N) is 2. The molecule has 0 aliphatic heterocycles. The van der Waals surface area contributed by atoms with E-state index in [4.69, 9.17) is 0 Å². The van der Waals surface area contributed by atoms with Gasteiger partial charge in [-0.05, 0) is 25.0 Å². The van der Waals surface area contributed by atoms with Gasteiger partial charge >= 0.3 is 0 Å². The lowest BCUT2D eigenvalue weighted by Gasteiger charge is -2.04. The number of anilines is 1. The molecule has 1 aromatic carbocycles. The summed E-state index contributed by atoms with van der Waals surface area (Å²) in [6.07, 6.45) is 4.71. The Labute approximate surface area is 144 Å². The van der Waals surface area contributed by atoms with Crippen LogP contribution in [0.3, 0.4) is 0 Å². The minimum Gasteiger partial charge on any atom is -0.305 e. The Hall–Kier alpha value is -2.96. The van der Waals surface area contributed by atoms with Crippen molar-refractivity contribution in [2.75, 3.05) is 5.32 Å². The van der Waals surface area contributed by atoms with Gasteiger partial charge in [-0.15, -0.1) is 0 Å². The summed E-state index contributed by atoms with van der Waals surface area (Å²) in [5, 5.41) is 14.4. The number of rotatable bonds is 3. The molecule has 2 aromatic heterocycles. The highest BCUT2D eigenvalue weighted by atomic mass is 16.2. The summed E-state index contributed by atoms with van der Waals surface area (Å²) in [6.45, 7) is 0. The summed E-state index contributed by atoms with van der Waals surface area (Å²) >= 11 is 0. The van der Waals surface area contributed by atoms with E-state index in [0.29, 0.717) is 22.6 Å². The number of aromatic amines is 1. The van der Waals surface area contributed by atoms with E-state index in [9.17, 15) is 9.59 Å². The van der Waals surface area contributed by atoms with Crippen LogP contribution in [0.2, 0.25) is 0 Å². The number of amides is 1. The second kappa shape index (κ2) is 6.16. The summed E-state index contributed by atoms with van der Waals surface area (Å²) < 4.78 is 1.64. The van der Waals surface area contributed by atoms with E-state index in [-0.39, 0.29) is 11.1 Å². The van der Waals surface area contributed by atoms with Crippen molar-refractivity contribution in [3.8, 4) is 0 Å². The van der Waals surface area contributed by atoms with Crippen LogP contribution in [-0.2, 0) is 7.05 Å². The second-order valence-electron chi connectivity index (χ2n) is 6.46. The van der Waals surface area contributed by atoms with Gasteiger partial charge in [0.05, 0.1) is 11.2 Å². The van der Waals surface area contributed by atoms with Gasteiger partial charge in [0.1, 0.15) is 5.82 Å². The summed E-state index contributed by atoms with van der Waals surface area (Å²) in [7, 11) is 1.78. The molecule has 1 fully saturated rings. The molecule has 0 bridgehead atoms. The Kier molecular flexibility index (Phi) is 3.83. The molecule has 0 atom stereocenters. The van der Waals surface area contributed by atoms with Crippen molar-refractivity contribution in [2.45, 2.75) is 31.6 Å². The molecule has 1 aliphatic carbocycles. The van der Waals surface area contributed by atoms with Crippen LogP contribution in [0.15, 0.2) is 35.1 Å². The summed E-state index contributed by atoms with van der Waals surface area (Å²) in [5.74, 6) is 0.494. The average molecular weight is 337 g/mol. The highest BCUT2D eigenvalue weighted by Crippen LogP contribution is 2.34. The summed E-state index contributed by atoms with van der Waals surface area (Å²) in [4.78, 5) is 25.0. The van der Waals surface area contributed by atoms with Gasteiger partial charge < -0.3 is 5.32 Å². The lowest BCUT2D eigenvalue weighted by Crippen LogP contribution is -2.25. The lowest BCUT2D eigenvalue weighted by atomic mass is 10.0. The molecule has 1 aliphatic rings. The number of nitrogens with zero attached hydrogens (tertiary/aromatic N) is 3. The van der Waals surface area contributed by atoms with Crippen molar-refractivity contribution >= 4 is 22.6 Å². The fourth-order valence-electron chi connectivity index (χ4n) is 3.43. The molecule has 0 radical (unpaired) electrons. The molecule has 1 saturated carbocycles. The molecule has 3 aromatic rings. The van der Waals surface area contributed by atoms with Gasteiger partial charge in [0, 0.05) is 24.4 Å². The molecule has 4 rings (SSSR count). The summed E-state index contributed by atoms with van der Waals surface area (Å²) in [6, 6.07) is 8.88. The van der Waals surface area contributed by atoms with Gasteiger partial charge in [-0.3, -0.25) is 19.4 Å². The quantitative estimate of drug-likeness (QED) is 0.768. The zero-order chi connectivity index (χ0) is 17.4. The zero-order valence-corrected chi connectivity index (χ0v) is 14.0. The van der Waals surface area contributed by atoms with Crippen molar-refractivity contribution in [2.24, 2.45) is 7.05 Å². The van der Waals surface area contributed by atoms with Crippen molar-refractivity contribution in [3.63, 3.8) is 0 Å². The zero-order valence-electron chi connectivity index (χ0n) is 14.0. The molecule has 0 saturated heterocycles. The molecule has 1 amide bonds. The second-order valence-corrected chi connectivity index (χ2v) is 6.46. The van der Waals surface area contributed by atoms with Crippen LogP contribution in [0.1, 0.15) is 47.8 Å². The average Bonchev–Trinajstić information content (AvgIpc) is 3.26. The predicted molar refractivity (Wildman–Crippen MR) is 94.7 cm³/mol. The SMILES string of the molecule is Cn1nc(C2CCCC2)cc1NC(=O)c1n[nH]c2ccccc2c1=O. The smallest absolute Gasteiger partial charge is 0.281 e. The first-order valence-corrected chi connectivity index (χ1v) is 8.46. The van der Waals surface area contributed by atoms with E-state index in [0.717, 1.165) is 18.5 Å². The van der Waals surface area contributed by atoms with Gasteiger partial charge in [0.15, 0.2) is 5.69 Å². The number of fused-ring (bicyclic) bond motifs is 1. The van der Waals surface area contributed by atoms with Crippen LogP contribution in [-0.4, -0.2) is 25.9 Å². The number of carbonyl (C=O) groups is 1. The first-order chi connectivity index (χ1) is 12.1. The van der Waals surface area contributed by atoms with E-state index in [1.807, 2.05) is 6.07 Å². The minimum atomic E-state index is -0.534. The standard InChI is InChI=1S/C18H19N5O2/c1-23-15(10-14(22-23)11-6-2-3-7-11)19-18(25)16-17(24)12-8-4-5-9-13(12)20-21-16/h4-5,8-11H,2-3,6-7H2,1H3,(H,19,25)(H,20,24). The van der Waals surface area contributed by atoms with Crippen molar-refractivity contribution in [3.05, 3.63) is 51.9 Å². The molecule has 2 heterocycles. The highest BCUT2D eigenvalue weighted by Gasteiger charge is 2.22. The Morgan fingerprint density at radius 2 is 2.04 bits per heavy atom. The first-order valence-electron chi connectivity index (χ1n) is 8.46. The maximum absolute atomic E-state index is 12.5. The van der Waals surface area contributed by atoms with E-state index >= 15 is 0 Å². The van der Waals surface area contributed by atoms with Gasteiger partial charge in [0.2, 0.25) is 5.43 Å². The Bertz CT molecular complexity index is 998. The molecule has 7 nitrogen and oxygen atoms in total. The number of aromatic nitrogens is 4. The number of aryl methyl sites for hydroxylation is 1. The van der Waals surface area contributed by atoms with Crippen LogP contribution in [0.25, 0.3) is 10.9 Å².